The molecule has 2 aromatic rings. The molecule has 2 aliphatic heterocycles. The minimum absolute atomic E-state index is 0.108. The van der Waals surface area contributed by atoms with Gasteiger partial charge in [0.1, 0.15) is 0 Å². The molecule has 2 fully saturated rings. The summed E-state index contributed by atoms with van der Waals surface area (Å²) in [5.74, 6) is 0.609. The van der Waals surface area contributed by atoms with Crippen LogP contribution in [0, 0.1) is 5.92 Å². The number of carbonyl (C=O) groups is 2. The van der Waals surface area contributed by atoms with Gasteiger partial charge in [0.25, 0.3) is 0 Å². The molecule has 1 N–H and O–H groups in total. The number of hydrogen-bond acceptors (Lipinski definition) is 3. The highest BCUT2D eigenvalue weighted by molar-refractivity contribution is 6.31. The van der Waals surface area contributed by atoms with Crippen LogP contribution in [0.25, 0.3) is 0 Å². The van der Waals surface area contributed by atoms with Crippen molar-refractivity contribution < 1.29 is 14.3 Å². The Morgan fingerprint density at radius 2 is 1.76 bits per heavy atom. The molecular weight excluding hydrogens is 471 g/mol. The van der Waals surface area contributed by atoms with Crippen molar-refractivity contribution in [1.29, 1.82) is 0 Å². The molecule has 2 amide bonds. The first kappa shape index (κ1) is 25.0. The molecule has 182 valence electrons. The third-order valence-corrected chi connectivity index (χ3v) is 7.72. The molecule has 2 heterocycles. The van der Waals surface area contributed by atoms with Crippen LogP contribution in [0.15, 0.2) is 42.5 Å². The van der Waals surface area contributed by atoms with E-state index in [4.69, 9.17) is 27.9 Å². The Balaban J connectivity index is 0.000000257. The summed E-state index contributed by atoms with van der Waals surface area (Å²) in [5, 5.41) is 4.47. The molecule has 1 unspecified atom stereocenters. The van der Waals surface area contributed by atoms with Crippen molar-refractivity contribution in [3.8, 4) is 0 Å². The van der Waals surface area contributed by atoms with Crippen LogP contribution < -0.4 is 5.32 Å². The first-order valence-corrected chi connectivity index (χ1v) is 12.8. The van der Waals surface area contributed by atoms with Crippen LogP contribution in [-0.4, -0.2) is 43.0 Å². The predicted octanol–water partition coefficient (Wildman–Crippen LogP) is 5.87. The molecule has 0 spiro atoms. The van der Waals surface area contributed by atoms with Gasteiger partial charge >= 0.3 is 0 Å². The van der Waals surface area contributed by atoms with Crippen LogP contribution in [0.3, 0.4) is 0 Å². The number of halogens is 2. The van der Waals surface area contributed by atoms with E-state index in [9.17, 15) is 9.59 Å². The van der Waals surface area contributed by atoms with E-state index in [1.807, 2.05) is 36.4 Å². The largest absolute Gasteiger partial charge is 0.378 e. The van der Waals surface area contributed by atoms with Crippen LogP contribution in [-0.2, 0) is 26.2 Å². The molecule has 0 bridgehead atoms. The van der Waals surface area contributed by atoms with Crippen molar-refractivity contribution in [3.63, 3.8) is 0 Å². The van der Waals surface area contributed by atoms with Crippen LogP contribution >= 0.6 is 23.2 Å². The second-order valence-corrected chi connectivity index (χ2v) is 10.2. The molecule has 0 radical (unpaired) electrons. The number of amides is 2. The van der Waals surface area contributed by atoms with Gasteiger partial charge in [-0.05, 0) is 60.6 Å². The summed E-state index contributed by atoms with van der Waals surface area (Å²) in [7, 11) is 0. The first-order chi connectivity index (χ1) is 16.4. The maximum absolute atomic E-state index is 13.3. The highest BCUT2D eigenvalue weighted by atomic mass is 35.5. The molecular formula is C27H32Cl2N2O3. The third kappa shape index (κ3) is 5.42. The van der Waals surface area contributed by atoms with E-state index in [1.165, 1.54) is 19.3 Å². The smallest absolute Gasteiger partial charge is 0.235 e. The zero-order chi connectivity index (χ0) is 24.1. The molecule has 7 heteroatoms. The van der Waals surface area contributed by atoms with Crippen LogP contribution in [0.4, 0.5) is 5.69 Å². The summed E-state index contributed by atoms with van der Waals surface area (Å²) in [5.41, 5.74) is 2.54. The Hall–Kier alpha value is -2.08. The van der Waals surface area contributed by atoms with E-state index in [-0.39, 0.29) is 11.8 Å². The fourth-order valence-electron chi connectivity index (χ4n) is 5.53. The number of ether oxygens (including phenoxy) is 1. The van der Waals surface area contributed by atoms with E-state index in [0.29, 0.717) is 35.6 Å². The van der Waals surface area contributed by atoms with Crippen molar-refractivity contribution in [2.75, 3.05) is 31.6 Å². The van der Waals surface area contributed by atoms with Gasteiger partial charge in [-0.2, -0.15) is 0 Å². The van der Waals surface area contributed by atoms with E-state index in [2.05, 4.69) is 11.4 Å². The molecule has 2 aromatic carbocycles. The minimum atomic E-state index is -0.523. The average molecular weight is 503 g/mol. The Bertz CT molecular complexity index is 1030. The lowest BCUT2D eigenvalue weighted by Crippen LogP contribution is -2.44. The fourth-order valence-corrected chi connectivity index (χ4v) is 5.92. The Morgan fingerprint density at radius 3 is 2.41 bits per heavy atom. The van der Waals surface area contributed by atoms with E-state index < -0.39 is 5.41 Å². The van der Waals surface area contributed by atoms with Crippen molar-refractivity contribution >= 4 is 40.7 Å². The van der Waals surface area contributed by atoms with Gasteiger partial charge in [0, 0.05) is 35.7 Å². The van der Waals surface area contributed by atoms with Gasteiger partial charge in [-0.3, -0.25) is 9.59 Å². The van der Waals surface area contributed by atoms with Crippen molar-refractivity contribution in [3.05, 3.63) is 63.6 Å². The Labute approximate surface area is 211 Å². The fraction of sp³-hybridized carbons (Fsp3) is 0.481. The van der Waals surface area contributed by atoms with Gasteiger partial charge in [0.15, 0.2) is 0 Å². The predicted molar refractivity (Wildman–Crippen MR) is 137 cm³/mol. The molecule has 1 aliphatic carbocycles. The first-order valence-electron chi connectivity index (χ1n) is 12.1. The Morgan fingerprint density at radius 1 is 1.06 bits per heavy atom. The van der Waals surface area contributed by atoms with Crippen LogP contribution in [0.5, 0.6) is 0 Å². The molecule has 1 atom stereocenters. The number of fused-ring (bicyclic) bond motifs is 1. The zero-order valence-electron chi connectivity index (χ0n) is 19.6. The van der Waals surface area contributed by atoms with Gasteiger partial charge < -0.3 is 15.0 Å². The highest BCUT2D eigenvalue weighted by Crippen LogP contribution is 2.50. The standard InChI is InChI=1S/C21H21Cl2NO.C6H11NO2/c22-16-8-4-5-14(11-16)13-21(15-6-2-1-3-7-15)18-10-9-17(23)12-19(18)24-20(21)25;1-6(8)7-2-4-9-5-3-7/h4-5,8-12,15H,1-3,6-7,13H2,(H,24,25);2-5H2,1H3. The molecule has 1 saturated heterocycles. The lowest BCUT2D eigenvalue weighted by atomic mass is 9.63. The summed E-state index contributed by atoms with van der Waals surface area (Å²) in [6, 6.07) is 13.7. The molecule has 5 nitrogen and oxygen atoms in total. The summed E-state index contributed by atoms with van der Waals surface area (Å²) < 4.78 is 5.06. The lowest BCUT2D eigenvalue weighted by molar-refractivity contribution is -0.132. The number of carbonyl (C=O) groups excluding carboxylic acids is 2. The van der Waals surface area contributed by atoms with Gasteiger partial charge in [-0.15, -0.1) is 0 Å². The molecule has 0 aromatic heterocycles. The number of rotatable bonds is 3. The van der Waals surface area contributed by atoms with Gasteiger partial charge in [-0.25, -0.2) is 0 Å². The quantitative estimate of drug-likeness (QED) is 0.570. The molecule has 34 heavy (non-hydrogen) atoms. The highest BCUT2D eigenvalue weighted by Gasteiger charge is 2.52. The van der Waals surface area contributed by atoms with Crippen molar-refractivity contribution in [1.82, 2.24) is 4.90 Å². The number of anilines is 1. The second-order valence-electron chi connectivity index (χ2n) is 9.38. The summed E-state index contributed by atoms with van der Waals surface area (Å²) in [4.78, 5) is 25.7. The van der Waals surface area contributed by atoms with Gasteiger partial charge in [0.2, 0.25) is 11.8 Å². The topological polar surface area (TPSA) is 58.6 Å². The number of benzene rings is 2. The van der Waals surface area contributed by atoms with Crippen LogP contribution in [0.2, 0.25) is 10.0 Å². The SMILES string of the molecule is CC(=O)N1CCOCC1.O=C1Nc2cc(Cl)ccc2C1(Cc1cccc(Cl)c1)C1CCCCC1. The Kier molecular flexibility index (Phi) is 8.18. The van der Waals surface area contributed by atoms with Crippen LogP contribution in [0.1, 0.15) is 50.2 Å². The molecule has 5 rings (SSSR count). The normalized spacial score (nSPS) is 22.4. The van der Waals surface area contributed by atoms with E-state index >= 15 is 0 Å². The second kappa shape index (κ2) is 11.1. The minimum Gasteiger partial charge on any atom is -0.378 e. The summed E-state index contributed by atoms with van der Waals surface area (Å²) >= 11 is 12.4. The van der Waals surface area contributed by atoms with Crippen molar-refractivity contribution in [2.24, 2.45) is 5.92 Å². The lowest BCUT2D eigenvalue weighted by Gasteiger charge is -2.38. The number of morpholine rings is 1. The molecule has 1 saturated carbocycles. The van der Waals surface area contributed by atoms with Gasteiger partial charge in [-0.1, -0.05) is 60.7 Å². The number of nitrogens with zero attached hydrogens (tertiary/aromatic N) is 1. The molecule has 3 aliphatic rings. The maximum Gasteiger partial charge on any atom is 0.235 e. The third-order valence-electron chi connectivity index (χ3n) is 7.25. The van der Waals surface area contributed by atoms with Crippen molar-refractivity contribution in [2.45, 2.75) is 50.9 Å². The summed E-state index contributed by atoms with van der Waals surface area (Å²) in [6.07, 6.45) is 6.51. The van der Waals surface area contributed by atoms with E-state index in [1.54, 1.807) is 11.8 Å². The zero-order valence-corrected chi connectivity index (χ0v) is 21.1. The monoisotopic (exact) mass is 502 g/mol. The van der Waals surface area contributed by atoms with Gasteiger partial charge in [0.05, 0.1) is 18.6 Å². The maximum atomic E-state index is 13.3. The van der Waals surface area contributed by atoms with E-state index in [0.717, 1.165) is 42.7 Å². The summed E-state index contributed by atoms with van der Waals surface area (Å²) in [6.45, 7) is 4.50. The number of nitrogens with one attached hydrogen (secondary N) is 1. The number of hydrogen-bond donors (Lipinski definition) is 1. The average Bonchev–Trinajstić information content (AvgIpc) is 3.11.